The first-order chi connectivity index (χ1) is 13.0. The second-order valence-electron chi connectivity index (χ2n) is 6.27. The van der Waals surface area contributed by atoms with E-state index in [4.69, 9.17) is 9.15 Å². The minimum Gasteiger partial charge on any atom is -0.496 e. The summed E-state index contributed by atoms with van der Waals surface area (Å²) >= 11 is 0. The van der Waals surface area contributed by atoms with Crippen LogP contribution in [-0.4, -0.2) is 40.3 Å². The van der Waals surface area contributed by atoms with E-state index in [0.29, 0.717) is 23.1 Å². The molecule has 1 aromatic heterocycles. The third kappa shape index (κ3) is 4.15. The van der Waals surface area contributed by atoms with E-state index < -0.39 is 12.0 Å². The van der Waals surface area contributed by atoms with E-state index in [1.165, 1.54) is 7.11 Å². The molecule has 140 valence electrons. The highest BCUT2D eigenvalue weighted by Gasteiger charge is 2.29. The lowest BCUT2D eigenvalue weighted by Crippen LogP contribution is -2.31. The minimum absolute atomic E-state index is 0.188. The highest BCUT2D eigenvalue weighted by atomic mass is 16.5. The largest absolute Gasteiger partial charge is 0.496 e. The number of rotatable bonds is 7. The van der Waals surface area contributed by atoms with E-state index in [1.807, 2.05) is 49.4 Å². The molecule has 27 heavy (non-hydrogen) atoms. The van der Waals surface area contributed by atoms with Gasteiger partial charge in [0.15, 0.2) is 0 Å². The summed E-state index contributed by atoms with van der Waals surface area (Å²) in [6.45, 7) is 2.10. The van der Waals surface area contributed by atoms with Gasteiger partial charge in [0.2, 0.25) is 11.8 Å². The summed E-state index contributed by atoms with van der Waals surface area (Å²) in [5.41, 5.74) is 2.35. The normalized spacial score (nSPS) is 12.1. The molecule has 3 aromatic rings. The Morgan fingerprint density at radius 3 is 2.63 bits per heavy atom. The number of hydrogen-bond donors (Lipinski definition) is 1. The molecule has 7 nitrogen and oxygen atoms in total. The van der Waals surface area contributed by atoms with Gasteiger partial charge in [-0.05, 0) is 32.2 Å². The van der Waals surface area contributed by atoms with Crippen LogP contribution in [0.15, 0.2) is 52.9 Å². The number of carboxylic acid groups (broad SMARTS) is 1. The number of nitrogens with zero attached hydrogens (tertiary/aromatic N) is 3. The number of aromatic nitrogens is 2. The summed E-state index contributed by atoms with van der Waals surface area (Å²) in [5, 5.41) is 17.9. The van der Waals surface area contributed by atoms with Gasteiger partial charge in [-0.3, -0.25) is 9.69 Å². The molecular formula is C20H21N3O4. The highest BCUT2D eigenvalue weighted by Crippen LogP contribution is 2.31. The van der Waals surface area contributed by atoms with Crippen molar-refractivity contribution < 1.29 is 19.1 Å². The zero-order valence-electron chi connectivity index (χ0n) is 15.4. The quantitative estimate of drug-likeness (QED) is 0.685. The van der Waals surface area contributed by atoms with Gasteiger partial charge in [0.1, 0.15) is 11.8 Å². The number of ether oxygens (including phenoxy) is 1. The van der Waals surface area contributed by atoms with Crippen LogP contribution in [-0.2, 0) is 11.3 Å². The fourth-order valence-corrected chi connectivity index (χ4v) is 2.95. The number of carboxylic acids is 1. The third-order valence-corrected chi connectivity index (χ3v) is 4.23. The summed E-state index contributed by atoms with van der Waals surface area (Å²) in [6.07, 6.45) is 0. The van der Waals surface area contributed by atoms with Gasteiger partial charge in [0, 0.05) is 11.1 Å². The lowest BCUT2D eigenvalue weighted by Gasteiger charge is -2.25. The Hall–Kier alpha value is -3.19. The highest BCUT2D eigenvalue weighted by molar-refractivity contribution is 5.76. The molecule has 0 fully saturated rings. The van der Waals surface area contributed by atoms with Gasteiger partial charge < -0.3 is 14.3 Å². The topological polar surface area (TPSA) is 88.7 Å². The average Bonchev–Trinajstić information content (AvgIpc) is 3.11. The zero-order chi connectivity index (χ0) is 19.4. The molecule has 0 spiro atoms. The van der Waals surface area contributed by atoms with Crippen molar-refractivity contribution >= 4 is 5.97 Å². The fourth-order valence-electron chi connectivity index (χ4n) is 2.95. The van der Waals surface area contributed by atoms with Gasteiger partial charge in [0.25, 0.3) is 0 Å². The molecule has 3 rings (SSSR count). The predicted molar refractivity (Wildman–Crippen MR) is 99.3 cm³/mol. The molecule has 0 saturated carbocycles. The first-order valence-electron chi connectivity index (χ1n) is 8.45. The Bertz CT molecular complexity index is 924. The van der Waals surface area contributed by atoms with Crippen LogP contribution in [0.25, 0.3) is 11.5 Å². The van der Waals surface area contributed by atoms with Crippen LogP contribution in [0.2, 0.25) is 0 Å². The van der Waals surface area contributed by atoms with Crippen molar-refractivity contribution in [3.05, 3.63) is 65.5 Å². The van der Waals surface area contributed by atoms with Crippen molar-refractivity contribution in [1.29, 1.82) is 0 Å². The number of aryl methyl sites for hydroxylation is 1. The summed E-state index contributed by atoms with van der Waals surface area (Å²) in [6, 6.07) is 14.0. The lowest BCUT2D eigenvalue weighted by molar-refractivity contribution is -0.143. The van der Waals surface area contributed by atoms with Crippen LogP contribution < -0.4 is 4.74 Å². The lowest BCUT2D eigenvalue weighted by atomic mass is 10.0. The fraction of sp³-hybridized carbons (Fsp3) is 0.250. The van der Waals surface area contributed by atoms with E-state index in [2.05, 4.69) is 10.2 Å². The van der Waals surface area contributed by atoms with Crippen molar-refractivity contribution in [2.45, 2.75) is 19.5 Å². The molecule has 7 heteroatoms. The molecule has 0 unspecified atom stereocenters. The SMILES string of the molecule is COc1ccc(C)cc1[C@H](C(=O)O)N(C)Cc1nnc(-c2ccccc2)o1. The molecule has 1 atom stereocenters. The first-order valence-corrected chi connectivity index (χ1v) is 8.45. The van der Waals surface area contributed by atoms with Gasteiger partial charge in [-0.25, -0.2) is 0 Å². The molecule has 0 saturated heterocycles. The number of benzene rings is 2. The van der Waals surface area contributed by atoms with E-state index in [-0.39, 0.29) is 6.54 Å². The van der Waals surface area contributed by atoms with Crippen molar-refractivity contribution in [3.63, 3.8) is 0 Å². The van der Waals surface area contributed by atoms with E-state index in [9.17, 15) is 9.90 Å². The summed E-state index contributed by atoms with van der Waals surface area (Å²) in [7, 11) is 3.23. The van der Waals surface area contributed by atoms with Gasteiger partial charge >= 0.3 is 5.97 Å². The average molecular weight is 367 g/mol. The number of methoxy groups -OCH3 is 1. The molecule has 0 bridgehead atoms. The third-order valence-electron chi connectivity index (χ3n) is 4.23. The summed E-state index contributed by atoms with van der Waals surface area (Å²) < 4.78 is 11.1. The Labute approximate surface area is 157 Å². The van der Waals surface area contributed by atoms with Crippen LogP contribution in [0, 0.1) is 6.92 Å². The zero-order valence-corrected chi connectivity index (χ0v) is 15.4. The molecule has 0 radical (unpaired) electrons. The van der Waals surface area contributed by atoms with E-state index >= 15 is 0 Å². The van der Waals surface area contributed by atoms with Gasteiger partial charge in [0.05, 0.1) is 13.7 Å². The molecule has 1 heterocycles. The van der Waals surface area contributed by atoms with Gasteiger partial charge in [-0.15, -0.1) is 10.2 Å². The predicted octanol–water partition coefficient (Wildman–Crippen LogP) is 3.31. The summed E-state index contributed by atoms with van der Waals surface area (Å²) in [4.78, 5) is 13.6. The Morgan fingerprint density at radius 2 is 1.96 bits per heavy atom. The van der Waals surface area contributed by atoms with E-state index in [0.717, 1.165) is 11.1 Å². The Morgan fingerprint density at radius 1 is 1.22 bits per heavy atom. The van der Waals surface area contributed by atoms with Crippen LogP contribution in [0.3, 0.4) is 0 Å². The molecule has 2 aromatic carbocycles. The van der Waals surface area contributed by atoms with Gasteiger partial charge in [-0.2, -0.15) is 0 Å². The Balaban J connectivity index is 1.85. The molecule has 0 aliphatic heterocycles. The monoisotopic (exact) mass is 367 g/mol. The second-order valence-corrected chi connectivity index (χ2v) is 6.27. The van der Waals surface area contributed by atoms with Crippen molar-refractivity contribution in [1.82, 2.24) is 15.1 Å². The molecule has 0 amide bonds. The van der Waals surface area contributed by atoms with Gasteiger partial charge in [-0.1, -0.05) is 35.9 Å². The van der Waals surface area contributed by atoms with E-state index in [1.54, 1.807) is 18.0 Å². The Kier molecular flexibility index (Phi) is 5.52. The maximum absolute atomic E-state index is 12.0. The standard InChI is InChI=1S/C20H21N3O4/c1-13-9-10-16(26-3)15(11-13)18(20(24)25)23(2)12-17-21-22-19(27-17)14-7-5-4-6-8-14/h4-11,18H,12H2,1-3H3,(H,24,25)/t18-/m1/s1. The van der Waals surface area contributed by atoms with Crippen molar-refractivity contribution in [2.24, 2.45) is 0 Å². The maximum Gasteiger partial charge on any atom is 0.325 e. The number of likely N-dealkylation sites (N-methyl/N-ethyl adjacent to an activating group) is 1. The smallest absolute Gasteiger partial charge is 0.325 e. The van der Waals surface area contributed by atoms with Crippen molar-refractivity contribution in [3.8, 4) is 17.2 Å². The molecule has 0 aliphatic rings. The molecule has 1 N–H and O–H groups in total. The maximum atomic E-state index is 12.0. The van der Waals surface area contributed by atoms with Crippen molar-refractivity contribution in [2.75, 3.05) is 14.2 Å². The first kappa shape index (κ1) is 18.6. The second kappa shape index (κ2) is 8.01. The summed E-state index contributed by atoms with van der Waals surface area (Å²) in [5.74, 6) is 0.285. The van der Waals surface area contributed by atoms with Crippen LogP contribution >= 0.6 is 0 Å². The number of carbonyl (C=O) groups is 1. The van der Waals surface area contributed by atoms with Crippen LogP contribution in [0.4, 0.5) is 0 Å². The number of aliphatic carboxylic acids is 1. The van der Waals surface area contributed by atoms with Crippen LogP contribution in [0.1, 0.15) is 23.1 Å². The molecular weight excluding hydrogens is 346 g/mol. The molecule has 0 aliphatic carbocycles. The van der Waals surface area contributed by atoms with Crippen LogP contribution in [0.5, 0.6) is 5.75 Å². The number of hydrogen-bond acceptors (Lipinski definition) is 6. The minimum atomic E-state index is -0.982.